The fraction of sp³-hybridized carbons (Fsp3) is 0.333. The standard InChI is InChI=1S/C21H22N2O3/c1-15-6-8-16(9-7-15)14-23(17-10-11-17)20(24)12-13-22-18-4-2-3-5-19(18)26-21(22)25/h2-9,17H,10-14H2,1H3. The van der Waals surface area contributed by atoms with Crippen molar-refractivity contribution in [1.82, 2.24) is 9.47 Å². The molecule has 0 saturated heterocycles. The second-order valence-electron chi connectivity index (χ2n) is 6.98. The lowest BCUT2D eigenvalue weighted by atomic mass is 10.1. The van der Waals surface area contributed by atoms with Gasteiger partial charge in [0, 0.05) is 25.6 Å². The fourth-order valence-corrected chi connectivity index (χ4v) is 3.27. The maximum absolute atomic E-state index is 12.8. The topological polar surface area (TPSA) is 55.5 Å². The number of amides is 1. The number of benzene rings is 2. The van der Waals surface area contributed by atoms with Crippen LogP contribution < -0.4 is 5.76 Å². The van der Waals surface area contributed by atoms with Crippen LogP contribution in [0.15, 0.2) is 57.7 Å². The zero-order valence-electron chi connectivity index (χ0n) is 14.9. The van der Waals surface area contributed by atoms with Crippen LogP contribution in [0.4, 0.5) is 0 Å². The lowest BCUT2D eigenvalue weighted by Gasteiger charge is -2.23. The number of carbonyl (C=O) groups is 1. The van der Waals surface area contributed by atoms with Crippen LogP contribution in [-0.4, -0.2) is 21.4 Å². The highest BCUT2D eigenvalue weighted by Crippen LogP contribution is 2.29. The Hall–Kier alpha value is -2.82. The molecule has 5 heteroatoms. The third kappa shape index (κ3) is 3.43. The predicted octanol–water partition coefficient (Wildman–Crippen LogP) is 3.48. The summed E-state index contributed by atoms with van der Waals surface area (Å²) in [6.07, 6.45) is 2.42. The molecule has 26 heavy (non-hydrogen) atoms. The van der Waals surface area contributed by atoms with Crippen LogP contribution in [0.5, 0.6) is 0 Å². The minimum Gasteiger partial charge on any atom is -0.408 e. The summed E-state index contributed by atoms with van der Waals surface area (Å²) in [5.41, 5.74) is 3.65. The Morgan fingerprint density at radius 2 is 1.88 bits per heavy atom. The molecule has 1 amide bonds. The highest BCUT2D eigenvalue weighted by Gasteiger charge is 2.32. The van der Waals surface area contributed by atoms with Gasteiger partial charge in [-0.2, -0.15) is 0 Å². The van der Waals surface area contributed by atoms with Crippen molar-refractivity contribution >= 4 is 17.0 Å². The first-order valence-electron chi connectivity index (χ1n) is 9.05. The van der Waals surface area contributed by atoms with E-state index in [1.165, 1.54) is 5.56 Å². The number of rotatable bonds is 6. The number of oxazole rings is 1. The van der Waals surface area contributed by atoms with Crippen LogP contribution in [0.2, 0.25) is 0 Å². The zero-order chi connectivity index (χ0) is 18.1. The molecule has 1 heterocycles. The number of aryl methyl sites for hydroxylation is 2. The number of para-hydroxylation sites is 2. The molecule has 0 radical (unpaired) electrons. The van der Waals surface area contributed by atoms with Crippen molar-refractivity contribution in [1.29, 1.82) is 0 Å². The van der Waals surface area contributed by atoms with Crippen LogP contribution in [0.3, 0.4) is 0 Å². The van der Waals surface area contributed by atoms with Crippen molar-refractivity contribution in [2.45, 2.75) is 45.3 Å². The summed E-state index contributed by atoms with van der Waals surface area (Å²) >= 11 is 0. The van der Waals surface area contributed by atoms with Crippen molar-refractivity contribution in [3.63, 3.8) is 0 Å². The number of hydrogen-bond acceptors (Lipinski definition) is 3. The van der Waals surface area contributed by atoms with E-state index in [9.17, 15) is 9.59 Å². The molecule has 4 rings (SSSR count). The number of aromatic nitrogens is 1. The van der Waals surface area contributed by atoms with Crippen LogP contribution in [0, 0.1) is 6.92 Å². The lowest BCUT2D eigenvalue weighted by molar-refractivity contribution is -0.132. The largest absolute Gasteiger partial charge is 0.419 e. The molecule has 1 fully saturated rings. The second-order valence-corrected chi connectivity index (χ2v) is 6.98. The van der Waals surface area contributed by atoms with Gasteiger partial charge in [-0.3, -0.25) is 9.36 Å². The second kappa shape index (κ2) is 6.83. The van der Waals surface area contributed by atoms with E-state index in [4.69, 9.17) is 4.42 Å². The Kier molecular flexibility index (Phi) is 4.37. The number of nitrogens with zero attached hydrogens (tertiary/aromatic N) is 2. The summed E-state index contributed by atoms with van der Waals surface area (Å²) in [5, 5.41) is 0. The molecule has 0 aliphatic heterocycles. The molecule has 1 aliphatic rings. The van der Waals surface area contributed by atoms with Crippen LogP contribution in [-0.2, 0) is 17.9 Å². The van der Waals surface area contributed by atoms with Gasteiger partial charge in [-0.05, 0) is 37.5 Å². The molecule has 2 aromatic carbocycles. The summed E-state index contributed by atoms with van der Waals surface area (Å²) in [5.74, 6) is -0.319. The number of hydrogen-bond donors (Lipinski definition) is 0. The van der Waals surface area contributed by atoms with Crippen molar-refractivity contribution < 1.29 is 9.21 Å². The predicted molar refractivity (Wildman–Crippen MR) is 99.8 cm³/mol. The van der Waals surface area contributed by atoms with E-state index in [-0.39, 0.29) is 5.91 Å². The third-order valence-corrected chi connectivity index (χ3v) is 4.90. The Morgan fingerprint density at radius 3 is 2.62 bits per heavy atom. The molecule has 3 aromatic rings. The SMILES string of the molecule is Cc1ccc(CN(C(=O)CCn2c(=O)oc3ccccc32)C2CC2)cc1. The summed E-state index contributed by atoms with van der Waals surface area (Å²) in [4.78, 5) is 26.8. The summed E-state index contributed by atoms with van der Waals surface area (Å²) in [6.45, 7) is 3.02. The molecule has 5 nitrogen and oxygen atoms in total. The maximum Gasteiger partial charge on any atom is 0.419 e. The van der Waals surface area contributed by atoms with Crippen LogP contribution >= 0.6 is 0 Å². The Bertz CT molecular complexity index is 980. The maximum atomic E-state index is 12.8. The van der Waals surface area contributed by atoms with E-state index in [1.807, 2.05) is 23.1 Å². The van der Waals surface area contributed by atoms with E-state index >= 15 is 0 Å². The average molecular weight is 350 g/mol. The quantitative estimate of drug-likeness (QED) is 0.684. The zero-order valence-corrected chi connectivity index (χ0v) is 14.9. The first kappa shape index (κ1) is 16.6. The molecule has 1 aliphatic carbocycles. The van der Waals surface area contributed by atoms with Gasteiger partial charge in [0.15, 0.2) is 5.58 Å². The van der Waals surface area contributed by atoms with Gasteiger partial charge in [-0.25, -0.2) is 4.79 Å². The summed E-state index contributed by atoms with van der Waals surface area (Å²) < 4.78 is 6.79. The van der Waals surface area contributed by atoms with E-state index in [0.29, 0.717) is 31.1 Å². The molecule has 134 valence electrons. The smallest absolute Gasteiger partial charge is 0.408 e. The van der Waals surface area contributed by atoms with E-state index in [1.54, 1.807) is 10.6 Å². The molecule has 0 unspecified atom stereocenters. The molecule has 0 atom stereocenters. The monoisotopic (exact) mass is 350 g/mol. The molecule has 0 bridgehead atoms. The van der Waals surface area contributed by atoms with E-state index in [0.717, 1.165) is 23.9 Å². The normalized spacial score (nSPS) is 13.9. The molecule has 0 spiro atoms. The molecular weight excluding hydrogens is 328 g/mol. The van der Waals surface area contributed by atoms with E-state index in [2.05, 4.69) is 31.2 Å². The highest BCUT2D eigenvalue weighted by molar-refractivity contribution is 5.77. The molecular formula is C21H22N2O3. The number of carbonyl (C=O) groups excluding carboxylic acids is 1. The average Bonchev–Trinajstić information content (AvgIpc) is 3.42. The van der Waals surface area contributed by atoms with Crippen molar-refractivity contribution in [2.75, 3.05) is 0 Å². The molecule has 1 aromatic heterocycles. The first-order chi connectivity index (χ1) is 12.6. The Labute approximate surface area is 151 Å². The van der Waals surface area contributed by atoms with Gasteiger partial charge in [0.2, 0.25) is 5.91 Å². The van der Waals surface area contributed by atoms with Crippen molar-refractivity contribution in [3.8, 4) is 0 Å². The minimum absolute atomic E-state index is 0.0882. The van der Waals surface area contributed by atoms with Gasteiger partial charge in [-0.15, -0.1) is 0 Å². The van der Waals surface area contributed by atoms with Gasteiger partial charge in [0.25, 0.3) is 0 Å². The molecule has 0 N–H and O–H groups in total. The minimum atomic E-state index is -0.407. The van der Waals surface area contributed by atoms with Crippen molar-refractivity contribution in [2.24, 2.45) is 0 Å². The Morgan fingerprint density at radius 1 is 1.15 bits per heavy atom. The lowest BCUT2D eigenvalue weighted by Crippen LogP contribution is -2.33. The highest BCUT2D eigenvalue weighted by atomic mass is 16.4. The van der Waals surface area contributed by atoms with Gasteiger partial charge < -0.3 is 9.32 Å². The van der Waals surface area contributed by atoms with Crippen molar-refractivity contribution in [3.05, 3.63) is 70.2 Å². The van der Waals surface area contributed by atoms with Gasteiger partial charge in [0.1, 0.15) is 0 Å². The van der Waals surface area contributed by atoms with Crippen LogP contribution in [0.25, 0.3) is 11.1 Å². The van der Waals surface area contributed by atoms with E-state index < -0.39 is 5.76 Å². The van der Waals surface area contributed by atoms with Gasteiger partial charge >= 0.3 is 5.76 Å². The van der Waals surface area contributed by atoms with Gasteiger partial charge in [-0.1, -0.05) is 42.0 Å². The molecule has 1 saturated carbocycles. The van der Waals surface area contributed by atoms with Crippen LogP contribution in [0.1, 0.15) is 30.4 Å². The fourth-order valence-electron chi connectivity index (χ4n) is 3.27. The summed E-state index contributed by atoms with van der Waals surface area (Å²) in [6, 6.07) is 15.9. The number of fused-ring (bicyclic) bond motifs is 1. The third-order valence-electron chi connectivity index (χ3n) is 4.90. The Balaban J connectivity index is 1.47. The summed E-state index contributed by atoms with van der Waals surface area (Å²) in [7, 11) is 0. The van der Waals surface area contributed by atoms with Gasteiger partial charge in [0.05, 0.1) is 5.52 Å². The first-order valence-corrected chi connectivity index (χ1v) is 9.05.